The lowest BCUT2D eigenvalue weighted by Gasteiger charge is -2.54. The number of carbonyl (C=O) groups excluding carboxylic acids is 1. The summed E-state index contributed by atoms with van der Waals surface area (Å²) >= 11 is 0. The van der Waals surface area contributed by atoms with E-state index < -0.39 is 0 Å². The molecule has 20 rings (SSSR count). The van der Waals surface area contributed by atoms with Crippen LogP contribution in [0.3, 0.4) is 0 Å². The zero-order chi connectivity index (χ0) is 103. The number of phenolic OH excluding ortho intramolecular Hbond substituents is 3. The van der Waals surface area contributed by atoms with Gasteiger partial charge in [-0.05, 0) is 413 Å². The average molecular weight is 1930 g/mol. The Morgan fingerprint density at radius 3 is 0.824 bits per heavy atom. The van der Waals surface area contributed by atoms with Gasteiger partial charge in [0.15, 0.2) is 0 Å². The first-order chi connectivity index (χ1) is 68.0. The molecule has 142 heavy (non-hydrogen) atoms. The van der Waals surface area contributed by atoms with E-state index in [2.05, 4.69) is 300 Å². The normalized spacial score (nSPS) is 23.0. The van der Waals surface area contributed by atoms with Gasteiger partial charge in [0, 0.05) is 18.8 Å². The Morgan fingerprint density at radius 2 is 0.570 bits per heavy atom. The van der Waals surface area contributed by atoms with Gasteiger partial charge in [-0.15, -0.1) is 0 Å². The summed E-state index contributed by atoms with van der Waals surface area (Å²) < 4.78 is 37.1. The molecule has 774 valence electrons. The summed E-state index contributed by atoms with van der Waals surface area (Å²) in [6.07, 6.45) is 30.4. The zero-order valence-corrected chi connectivity index (χ0v) is 92.3. The molecular weight excluding hydrogens is 1750 g/mol. The molecule has 0 spiro atoms. The molecule has 10 heteroatoms. The van der Waals surface area contributed by atoms with Crippen molar-refractivity contribution in [1.29, 1.82) is 0 Å². The van der Waals surface area contributed by atoms with Crippen molar-refractivity contribution >= 4 is 16.7 Å². The SMILES string of the molecule is CC1c2cccc3cccc(c23)C1C.CCC(C)c1ccc(C)cc1.CCC(C)c1ccc(O)cc1.CCC(C)c1ccc(O)cc1.CCC(C)c1ccc(O)cc1.CCC(C)c1ccc(OC(C)=O)cc1.CCC(C)c1ccc(OC(OC2C3CC4CC(C3)CC2C4)C(C)C)cc1.CCC(C)c1ccc(OC(OC2C3CC4CC(C3)CC2C4)C(C)C)cc1.CCC(C)c1ccc(OC2(C)CCCCC2)cc1. The number of carbonyl (C=O) groups is 1. The summed E-state index contributed by atoms with van der Waals surface area (Å²) in [6.45, 7) is 54.8. The van der Waals surface area contributed by atoms with E-state index in [4.69, 9.17) is 43.7 Å². The summed E-state index contributed by atoms with van der Waals surface area (Å²) in [4.78, 5) is 10.7. The molecule has 12 unspecified atom stereocenters. The third-order valence-electron chi connectivity index (χ3n) is 33.4. The van der Waals surface area contributed by atoms with E-state index in [-0.39, 0.29) is 24.2 Å². The van der Waals surface area contributed by atoms with Crippen LogP contribution in [0.25, 0.3) is 10.8 Å². The molecule has 10 nitrogen and oxygen atoms in total. The Bertz CT molecular complexity index is 4810. The lowest BCUT2D eigenvalue weighted by Crippen LogP contribution is -2.51. The Hall–Kier alpha value is -9.35. The van der Waals surface area contributed by atoms with Gasteiger partial charge in [0.1, 0.15) is 45.8 Å². The van der Waals surface area contributed by atoms with Gasteiger partial charge in [-0.3, -0.25) is 4.79 Å². The largest absolute Gasteiger partial charge is 0.508 e. The molecule has 10 aromatic rings. The minimum absolute atomic E-state index is 0.0656. The molecule has 0 amide bonds. The topological polar surface area (TPSA) is 133 Å². The number of esters is 1. The highest BCUT2D eigenvalue weighted by Gasteiger charge is 2.51. The van der Waals surface area contributed by atoms with Crippen LogP contribution >= 0.6 is 0 Å². The highest BCUT2D eigenvalue weighted by Crippen LogP contribution is 2.57. The number of ether oxygens (including phenoxy) is 6. The van der Waals surface area contributed by atoms with E-state index in [0.29, 0.717) is 106 Å². The number of hydrogen-bond donors (Lipinski definition) is 3. The van der Waals surface area contributed by atoms with Crippen LogP contribution in [0, 0.1) is 66.1 Å². The fourth-order valence-electron chi connectivity index (χ4n) is 22.6. The molecule has 0 aliphatic heterocycles. The summed E-state index contributed by atoms with van der Waals surface area (Å²) in [6, 6.07) is 78.2. The maximum Gasteiger partial charge on any atom is 0.308 e. The number of phenols is 3. The van der Waals surface area contributed by atoms with Crippen molar-refractivity contribution in [2.24, 2.45) is 59.2 Å². The van der Waals surface area contributed by atoms with E-state index in [9.17, 15) is 4.79 Å². The second-order valence-electron chi connectivity index (χ2n) is 45.0. The maximum atomic E-state index is 10.7. The van der Waals surface area contributed by atoms with Crippen molar-refractivity contribution in [1.82, 2.24) is 0 Å². The van der Waals surface area contributed by atoms with Crippen molar-refractivity contribution in [3.05, 3.63) is 292 Å². The highest BCUT2D eigenvalue weighted by atomic mass is 16.7. The Kier molecular flexibility index (Phi) is 46.0. The number of rotatable bonds is 29. The van der Waals surface area contributed by atoms with Gasteiger partial charge in [-0.25, -0.2) is 0 Å². The van der Waals surface area contributed by atoms with Gasteiger partial charge in [-0.1, -0.05) is 310 Å². The van der Waals surface area contributed by atoms with Crippen LogP contribution in [-0.4, -0.2) is 51.7 Å². The summed E-state index contributed by atoms with van der Waals surface area (Å²) in [7, 11) is 0. The standard InChI is InChI=1S/2C24H36O2.C17H26O.C14H14.C12H16O2.C11H16.3C10H14O/c2*1-5-16(4)19-6-8-22(9-7-19)25-24(15(2)3)26-23-20-11-17-10-18(13-20)14-21(23)12-17;1-4-14(2)15-8-10-16(11-9-15)18-17(3)12-6-5-7-13-17;1-9-10(2)13-8-4-6-11-5-3-7-12(9)14(11)13;1-4-9(2)11-5-7-12(8-6-11)14-10(3)13;1-4-10(3)11-7-5-9(2)6-8-11;3*1-3-8(2)9-4-6-10(11)7-5-9/h2*6-9,15-18,20-21,23-24H,5,10-14H2,1-4H3;8-11,14H,4-7,12-13H2,1-3H3;3-10H,1-2H3;5-9H,4H2,1-3H3;5-8,10H,4H2,1-3H3;3*4-8,11H,3H2,1-2H3. The molecule has 10 aromatic carbocycles. The Labute approximate surface area is 861 Å². The number of benzene rings is 10. The third-order valence-corrected chi connectivity index (χ3v) is 33.4. The van der Waals surface area contributed by atoms with Crippen LogP contribution in [-0.2, 0) is 14.3 Å². The van der Waals surface area contributed by atoms with Crippen LogP contribution < -0.4 is 18.9 Å². The number of aromatic hydroxyl groups is 3. The van der Waals surface area contributed by atoms with Crippen molar-refractivity contribution in [3.63, 3.8) is 0 Å². The second-order valence-corrected chi connectivity index (χ2v) is 45.0. The molecule has 12 atom stereocenters. The van der Waals surface area contributed by atoms with Crippen molar-refractivity contribution < 1.29 is 48.5 Å². The summed E-state index contributed by atoms with van der Waals surface area (Å²) in [5, 5.41) is 29.9. The van der Waals surface area contributed by atoms with Crippen LogP contribution in [0.2, 0.25) is 0 Å². The minimum atomic E-state index is -0.277. The van der Waals surface area contributed by atoms with E-state index in [0.717, 1.165) is 90.3 Å². The van der Waals surface area contributed by atoms with E-state index in [1.54, 1.807) is 36.4 Å². The molecule has 10 aliphatic rings. The minimum Gasteiger partial charge on any atom is -0.508 e. The molecule has 0 aromatic heterocycles. The predicted octanol–water partition coefficient (Wildman–Crippen LogP) is 37.5. The molecule has 0 heterocycles. The Balaban J connectivity index is 0.000000168. The molecule has 9 saturated carbocycles. The van der Waals surface area contributed by atoms with Crippen LogP contribution in [0.5, 0.6) is 40.2 Å². The molecule has 9 fully saturated rings. The third kappa shape index (κ3) is 34.1. The van der Waals surface area contributed by atoms with E-state index >= 15 is 0 Å². The zero-order valence-electron chi connectivity index (χ0n) is 92.3. The number of hydrogen-bond acceptors (Lipinski definition) is 10. The number of aryl methyl sites for hydroxylation is 1. The summed E-state index contributed by atoms with van der Waals surface area (Å²) in [5.74, 6) is 18.4. The maximum absolute atomic E-state index is 10.7. The molecule has 0 saturated heterocycles. The van der Waals surface area contributed by atoms with Crippen molar-refractivity contribution in [2.45, 2.75) is 410 Å². The first kappa shape index (κ1) is 115. The average Bonchev–Trinajstić information content (AvgIpc) is 1.14. The lowest BCUT2D eigenvalue weighted by molar-refractivity contribution is -0.211. The monoisotopic (exact) mass is 1930 g/mol. The molecule has 0 radical (unpaired) electrons. The van der Waals surface area contributed by atoms with Gasteiger partial charge in [0.2, 0.25) is 12.6 Å². The first-order valence-corrected chi connectivity index (χ1v) is 55.9. The van der Waals surface area contributed by atoms with Crippen LogP contribution in [0.15, 0.2) is 231 Å². The van der Waals surface area contributed by atoms with E-state index in [1.807, 2.05) is 60.7 Å². The second kappa shape index (κ2) is 56.9. The van der Waals surface area contributed by atoms with Gasteiger partial charge in [-0.2, -0.15) is 0 Å². The predicted molar refractivity (Wildman–Crippen MR) is 597 cm³/mol. The fraction of sp³-hybridized carbons (Fsp3) is 0.553. The van der Waals surface area contributed by atoms with Crippen LogP contribution in [0.1, 0.15) is 434 Å². The quantitative estimate of drug-likeness (QED) is 0.0236. The molecule has 10 aliphatic carbocycles. The van der Waals surface area contributed by atoms with Gasteiger partial charge in [0.25, 0.3) is 0 Å². The van der Waals surface area contributed by atoms with Gasteiger partial charge < -0.3 is 43.7 Å². The van der Waals surface area contributed by atoms with Crippen molar-refractivity contribution in [3.8, 4) is 40.2 Å². The van der Waals surface area contributed by atoms with Gasteiger partial charge >= 0.3 is 5.97 Å². The fourth-order valence-corrected chi connectivity index (χ4v) is 22.6. The molecular formula is C132H186O10. The Morgan fingerprint density at radius 1 is 0.324 bits per heavy atom. The van der Waals surface area contributed by atoms with E-state index in [1.165, 1.54) is 201 Å². The molecule has 3 N–H and O–H groups in total. The lowest BCUT2D eigenvalue weighted by atomic mass is 9.55. The van der Waals surface area contributed by atoms with Crippen molar-refractivity contribution in [2.75, 3.05) is 0 Å². The molecule has 8 bridgehead atoms. The summed E-state index contributed by atoms with van der Waals surface area (Å²) in [5.41, 5.74) is 15.3. The van der Waals surface area contributed by atoms with Gasteiger partial charge in [0.05, 0.1) is 12.2 Å². The highest BCUT2D eigenvalue weighted by molar-refractivity contribution is 5.92. The van der Waals surface area contributed by atoms with Crippen LogP contribution in [0.4, 0.5) is 0 Å². The smallest absolute Gasteiger partial charge is 0.308 e. The first-order valence-electron chi connectivity index (χ1n) is 55.9.